The number of aromatic nitrogens is 1. The predicted octanol–water partition coefficient (Wildman–Crippen LogP) is 4.62. The summed E-state index contributed by atoms with van der Waals surface area (Å²) in [6.45, 7) is 9.92. The van der Waals surface area contributed by atoms with Gasteiger partial charge in [0, 0.05) is 5.56 Å². The van der Waals surface area contributed by atoms with Crippen LogP contribution >= 0.6 is 0 Å². The first-order valence-electron chi connectivity index (χ1n) is 6.03. The van der Waals surface area contributed by atoms with Crippen molar-refractivity contribution in [3.8, 4) is 0 Å². The lowest BCUT2D eigenvalue weighted by Gasteiger charge is -2.05. The molecule has 0 bridgehead atoms. The van der Waals surface area contributed by atoms with Crippen LogP contribution in [0.5, 0.6) is 0 Å². The average Bonchev–Trinajstić information content (AvgIpc) is 2.33. The van der Waals surface area contributed by atoms with E-state index in [1.54, 1.807) is 0 Å². The van der Waals surface area contributed by atoms with Crippen LogP contribution in [0.3, 0.4) is 0 Å². The van der Waals surface area contributed by atoms with Crippen LogP contribution < -0.4 is 0 Å². The Morgan fingerprint density at radius 1 is 1.31 bits per heavy atom. The number of aryl methyl sites for hydroxylation is 1. The molecule has 0 N–H and O–H groups in total. The standard InChI is InChI=1S/C12H16FN.C2H6/c1-4-9(5-2)11-8-7-10(6-3)12(13)14-11;1-2/h4,7-8H,5-6H2,1-3H3;1-2H3/b9-4+;. The van der Waals surface area contributed by atoms with E-state index in [4.69, 9.17) is 0 Å². The minimum Gasteiger partial charge on any atom is -0.220 e. The van der Waals surface area contributed by atoms with Crippen molar-refractivity contribution in [2.45, 2.75) is 47.5 Å². The number of pyridine rings is 1. The smallest absolute Gasteiger partial charge is 0.216 e. The number of rotatable bonds is 3. The largest absolute Gasteiger partial charge is 0.220 e. The zero-order valence-corrected chi connectivity index (χ0v) is 11.0. The molecule has 0 saturated carbocycles. The fraction of sp³-hybridized carbons (Fsp3) is 0.500. The van der Waals surface area contributed by atoms with Gasteiger partial charge in [-0.2, -0.15) is 4.39 Å². The third-order valence-corrected chi connectivity index (χ3v) is 2.37. The van der Waals surface area contributed by atoms with Gasteiger partial charge in [0.15, 0.2) is 0 Å². The van der Waals surface area contributed by atoms with Crippen molar-refractivity contribution in [1.82, 2.24) is 4.98 Å². The molecule has 1 aromatic heterocycles. The van der Waals surface area contributed by atoms with Crippen molar-refractivity contribution in [3.63, 3.8) is 0 Å². The van der Waals surface area contributed by atoms with Gasteiger partial charge in [-0.15, -0.1) is 0 Å². The van der Waals surface area contributed by atoms with Gasteiger partial charge in [-0.25, -0.2) is 4.98 Å². The Kier molecular flexibility index (Phi) is 7.44. The molecule has 90 valence electrons. The molecule has 0 aliphatic rings. The highest BCUT2D eigenvalue weighted by atomic mass is 19.1. The molecule has 2 heteroatoms. The number of hydrogen-bond donors (Lipinski definition) is 0. The molecule has 1 heterocycles. The highest BCUT2D eigenvalue weighted by Gasteiger charge is 2.05. The summed E-state index contributed by atoms with van der Waals surface area (Å²) in [5.74, 6) is -0.335. The fourth-order valence-corrected chi connectivity index (χ4v) is 1.44. The maximum absolute atomic E-state index is 13.3. The van der Waals surface area contributed by atoms with Gasteiger partial charge in [0.25, 0.3) is 0 Å². The molecule has 0 fully saturated rings. The van der Waals surface area contributed by atoms with Crippen molar-refractivity contribution in [1.29, 1.82) is 0 Å². The van der Waals surface area contributed by atoms with Gasteiger partial charge in [-0.05, 0) is 31.4 Å². The van der Waals surface area contributed by atoms with Gasteiger partial charge in [0.05, 0.1) is 5.69 Å². The number of hydrogen-bond acceptors (Lipinski definition) is 1. The van der Waals surface area contributed by atoms with Crippen LogP contribution in [0.15, 0.2) is 18.2 Å². The molecule has 1 nitrogen and oxygen atoms in total. The quantitative estimate of drug-likeness (QED) is 0.681. The van der Waals surface area contributed by atoms with E-state index in [9.17, 15) is 4.39 Å². The lowest BCUT2D eigenvalue weighted by atomic mass is 10.1. The van der Waals surface area contributed by atoms with E-state index in [2.05, 4.69) is 4.98 Å². The maximum Gasteiger partial charge on any atom is 0.216 e. The van der Waals surface area contributed by atoms with Crippen molar-refractivity contribution in [2.24, 2.45) is 0 Å². The summed E-state index contributed by atoms with van der Waals surface area (Å²) in [6, 6.07) is 3.71. The Labute approximate surface area is 98.4 Å². The van der Waals surface area contributed by atoms with Gasteiger partial charge in [-0.1, -0.05) is 39.8 Å². The Morgan fingerprint density at radius 2 is 1.94 bits per heavy atom. The highest BCUT2D eigenvalue weighted by Crippen LogP contribution is 2.17. The summed E-state index contributed by atoms with van der Waals surface area (Å²) in [5, 5.41) is 0. The molecule has 1 rings (SSSR count). The molecular weight excluding hydrogens is 201 g/mol. The number of nitrogens with zero attached hydrogens (tertiary/aromatic N) is 1. The molecule has 0 aliphatic carbocycles. The molecule has 0 atom stereocenters. The van der Waals surface area contributed by atoms with Gasteiger partial charge in [0.2, 0.25) is 5.95 Å². The third kappa shape index (κ3) is 3.76. The van der Waals surface area contributed by atoms with E-state index in [1.807, 2.05) is 52.8 Å². The molecule has 0 spiro atoms. The number of allylic oxidation sites excluding steroid dienone is 2. The number of halogens is 1. The van der Waals surface area contributed by atoms with Crippen molar-refractivity contribution in [2.75, 3.05) is 0 Å². The molecular formula is C14H22FN. The lowest BCUT2D eigenvalue weighted by Crippen LogP contribution is -1.96. The highest BCUT2D eigenvalue weighted by molar-refractivity contribution is 5.61. The summed E-state index contributed by atoms with van der Waals surface area (Å²) in [7, 11) is 0. The summed E-state index contributed by atoms with van der Waals surface area (Å²) < 4.78 is 13.3. The van der Waals surface area contributed by atoms with Crippen LogP contribution in [0, 0.1) is 5.95 Å². The second-order valence-electron chi connectivity index (χ2n) is 3.17. The van der Waals surface area contributed by atoms with Crippen LogP contribution in [0.25, 0.3) is 5.57 Å². The van der Waals surface area contributed by atoms with Crippen LogP contribution in [0.1, 0.15) is 52.3 Å². The molecule has 0 unspecified atom stereocenters. The third-order valence-electron chi connectivity index (χ3n) is 2.37. The van der Waals surface area contributed by atoms with Crippen LogP contribution in [0.2, 0.25) is 0 Å². The molecule has 16 heavy (non-hydrogen) atoms. The Balaban J connectivity index is 0.00000106. The van der Waals surface area contributed by atoms with Gasteiger partial charge >= 0.3 is 0 Å². The normalized spacial score (nSPS) is 10.8. The molecule has 0 saturated heterocycles. The minimum atomic E-state index is -0.335. The van der Waals surface area contributed by atoms with Crippen molar-refractivity contribution >= 4 is 5.57 Å². The molecule has 0 aromatic carbocycles. The molecule has 0 aliphatic heterocycles. The summed E-state index contributed by atoms with van der Waals surface area (Å²) in [5.41, 5.74) is 2.52. The fourth-order valence-electron chi connectivity index (χ4n) is 1.44. The van der Waals surface area contributed by atoms with Gasteiger partial charge in [0.1, 0.15) is 0 Å². The molecule has 1 aromatic rings. The van der Waals surface area contributed by atoms with Gasteiger partial charge in [-0.3, -0.25) is 0 Å². The van der Waals surface area contributed by atoms with Crippen LogP contribution in [0.4, 0.5) is 4.39 Å². The second kappa shape index (κ2) is 8.03. The van der Waals surface area contributed by atoms with Crippen LogP contribution in [-0.4, -0.2) is 4.98 Å². The topological polar surface area (TPSA) is 12.9 Å². The van der Waals surface area contributed by atoms with Crippen LogP contribution in [-0.2, 0) is 6.42 Å². The van der Waals surface area contributed by atoms with Gasteiger partial charge < -0.3 is 0 Å². The zero-order valence-electron chi connectivity index (χ0n) is 11.0. The maximum atomic E-state index is 13.3. The van der Waals surface area contributed by atoms with E-state index in [-0.39, 0.29) is 5.95 Å². The Morgan fingerprint density at radius 3 is 2.31 bits per heavy atom. The first-order valence-corrected chi connectivity index (χ1v) is 6.03. The van der Waals surface area contributed by atoms with Crippen molar-refractivity contribution in [3.05, 3.63) is 35.4 Å². The average molecular weight is 223 g/mol. The first-order chi connectivity index (χ1) is 7.72. The molecule has 0 radical (unpaired) electrons. The monoisotopic (exact) mass is 223 g/mol. The summed E-state index contributed by atoms with van der Waals surface area (Å²) in [4.78, 5) is 3.95. The first kappa shape index (κ1) is 14.8. The van der Waals surface area contributed by atoms with Crippen molar-refractivity contribution < 1.29 is 4.39 Å². The zero-order chi connectivity index (χ0) is 12.6. The predicted molar refractivity (Wildman–Crippen MR) is 68.9 cm³/mol. The summed E-state index contributed by atoms with van der Waals surface area (Å²) in [6.07, 6.45) is 3.55. The van der Waals surface area contributed by atoms with E-state index in [0.717, 1.165) is 17.7 Å². The SMILES string of the molecule is C/C=C(\CC)c1ccc(CC)c(F)n1.CC. The van der Waals surface area contributed by atoms with E-state index >= 15 is 0 Å². The second-order valence-corrected chi connectivity index (χ2v) is 3.17. The minimum absolute atomic E-state index is 0.335. The Hall–Kier alpha value is -1.18. The van der Waals surface area contributed by atoms with E-state index in [1.165, 1.54) is 0 Å². The van der Waals surface area contributed by atoms with E-state index < -0.39 is 0 Å². The van der Waals surface area contributed by atoms with E-state index in [0.29, 0.717) is 12.0 Å². The lowest BCUT2D eigenvalue weighted by molar-refractivity contribution is 0.567. The Bertz CT molecular complexity index is 343. The summed E-state index contributed by atoms with van der Waals surface area (Å²) >= 11 is 0. The molecule has 0 amide bonds.